The number of nitrogens with zero attached hydrogens (tertiary/aromatic N) is 1. The number of nitrogens with one attached hydrogen (secondary N) is 1. The van der Waals surface area contributed by atoms with Crippen LogP contribution in [0.1, 0.15) is 35.7 Å². The van der Waals surface area contributed by atoms with Crippen LogP contribution in [0.3, 0.4) is 0 Å². The Morgan fingerprint density at radius 3 is 2.19 bits per heavy atom. The molecule has 2 N–H and O–H groups in total. The molecule has 0 saturated carbocycles. The third-order valence-corrected chi connectivity index (χ3v) is 5.56. The molecule has 31 heavy (non-hydrogen) atoms. The number of carbonyl (C=O) groups excluding carboxylic acids is 1. The highest BCUT2D eigenvalue weighted by Crippen LogP contribution is 2.40. The predicted octanol–water partition coefficient (Wildman–Crippen LogP) is 3.10. The maximum Gasteiger partial charge on any atom is 0.254 e. The fourth-order valence-corrected chi connectivity index (χ4v) is 3.83. The van der Waals surface area contributed by atoms with Gasteiger partial charge in [0.2, 0.25) is 0 Å². The lowest BCUT2D eigenvalue weighted by atomic mass is 9.86. The van der Waals surface area contributed by atoms with Crippen molar-refractivity contribution in [3.05, 3.63) is 41.5 Å². The van der Waals surface area contributed by atoms with Crippen molar-refractivity contribution in [2.24, 2.45) is 0 Å². The second kappa shape index (κ2) is 9.34. The number of amides is 1. The monoisotopic (exact) mass is 430 g/mol. The number of hydrogen-bond donors (Lipinski definition) is 2. The number of anilines is 1. The average Bonchev–Trinajstić information content (AvgIpc) is 2.78. The smallest absolute Gasteiger partial charge is 0.254 e. The van der Waals surface area contributed by atoms with Crippen LogP contribution in [-0.4, -0.2) is 63.2 Å². The minimum absolute atomic E-state index is 0.0287. The summed E-state index contributed by atoms with van der Waals surface area (Å²) in [6.45, 7) is 4.26. The number of hydrogen-bond acceptors (Lipinski definition) is 7. The Morgan fingerprint density at radius 2 is 1.61 bits per heavy atom. The zero-order valence-electron chi connectivity index (χ0n) is 18.8. The first-order valence-corrected chi connectivity index (χ1v) is 10.1. The number of aliphatic hydroxyl groups is 1. The van der Waals surface area contributed by atoms with Gasteiger partial charge in [-0.15, -0.1) is 0 Å². The first-order valence-electron chi connectivity index (χ1n) is 10.1. The van der Waals surface area contributed by atoms with E-state index < -0.39 is 12.1 Å². The molecule has 0 aliphatic carbocycles. The number of carbonyl (C=O) groups is 1. The minimum atomic E-state index is -0.992. The van der Waals surface area contributed by atoms with Gasteiger partial charge in [-0.3, -0.25) is 4.79 Å². The first-order chi connectivity index (χ1) is 14.8. The summed E-state index contributed by atoms with van der Waals surface area (Å²) in [6, 6.07) is 8.72. The maximum absolute atomic E-state index is 13.1. The molecule has 2 aromatic rings. The first kappa shape index (κ1) is 22.6. The molecule has 2 aromatic carbocycles. The fourth-order valence-electron chi connectivity index (χ4n) is 3.83. The Kier molecular flexibility index (Phi) is 6.80. The maximum atomic E-state index is 13.1. The van der Waals surface area contributed by atoms with Crippen molar-refractivity contribution < 1.29 is 28.8 Å². The molecule has 3 rings (SSSR count). The molecule has 168 valence electrons. The summed E-state index contributed by atoms with van der Waals surface area (Å²) < 4.78 is 21.5. The van der Waals surface area contributed by atoms with Crippen LogP contribution >= 0.6 is 0 Å². The van der Waals surface area contributed by atoms with Crippen LogP contribution in [0.15, 0.2) is 30.3 Å². The summed E-state index contributed by atoms with van der Waals surface area (Å²) in [5, 5.41) is 14.3. The predicted molar refractivity (Wildman–Crippen MR) is 118 cm³/mol. The minimum Gasteiger partial charge on any atom is -0.497 e. The highest BCUT2D eigenvalue weighted by Gasteiger charge is 2.37. The number of ether oxygens (including phenoxy) is 4. The molecule has 1 aliphatic rings. The molecular weight excluding hydrogens is 400 g/mol. The number of rotatable bonds is 8. The second-order valence-corrected chi connectivity index (χ2v) is 7.61. The lowest BCUT2D eigenvalue weighted by Gasteiger charge is -2.39. The number of fused-ring (bicyclic) bond motifs is 1. The van der Waals surface area contributed by atoms with E-state index in [1.807, 2.05) is 13.8 Å². The van der Waals surface area contributed by atoms with E-state index >= 15 is 0 Å². The summed E-state index contributed by atoms with van der Waals surface area (Å²) >= 11 is 0. The van der Waals surface area contributed by atoms with Crippen LogP contribution < -0.4 is 24.3 Å². The molecule has 1 amide bonds. The van der Waals surface area contributed by atoms with E-state index in [1.54, 1.807) is 56.6 Å². The molecule has 0 bridgehead atoms. The average molecular weight is 431 g/mol. The second-order valence-electron chi connectivity index (χ2n) is 7.61. The van der Waals surface area contributed by atoms with E-state index in [0.29, 0.717) is 46.4 Å². The Balaban J connectivity index is 2.02. The van der Waals surface area contributed by atoms with Crippen molar-refractivity contribution in [2.75, 3.05) is 40.3 Å². The van der Waals surface area contributed by atoms with Gasteiger partial charge in [0.05, 0.1) is 34.1 Å². The molecular formula is C23H30N2O6. The van der Waals surface area contributed by atoms with Crippen LogP contribution in [0, 0.1) is 0 Å². The highest BCUT2D eigenvalue weighted by molar-refractivity contribution is 5.98. The summed E-state index contributed by atoms with van der Waals surface area (Å²) in [7, 11) is 6.20. The van der Waals surface area contributed by atoms with E-state index in [1.165, 1.54) is 7.11 Å². The molecule has 8 heteroatoms. The van der Waals surface area contributed by atoms with Gasteiger partial charge in [0.15, 0.2) is 11.5 Å². The van der Waals surface area contributed by atoms with Gasteiger partial charge in [0, 0.05) is 30.1 Å². The summed E-state index contributed by atoms with van der Waals surface area (Å²) in [4.78, 5) is 14.9. The van der Waals surface area contributed by atoms with Gasteiger partial charge in [0.1, 0.15) is 17.7 Å². The van der Waals surface area contributed by atoms with E-state index in [4.69, 9.17) is 18.9 Å². The quantitative estimate of drug-likeness (QED) is 0.622. The summed E-state index contributed by atoms with van der Waals surface area (Å²) in [5.41, 5.74) is 1.81. The fraction of sp³-hybridized carbons (Fsp3) is 0.435. The number of benzene rings is 2. The van der Waals surface area contributed by atoms with Crippen molar-refractivity contribution in [3.8, 4) is 23.0 Å². The van der Waals surface area contributed by atoms with Crippen molar-refractivity contribution in [3.63, 3.8) is 0 Å². The van der Waals surface area contributed by atoms with Gasteiger partial charge >= 0.3 is 0 Å². The van der Waals surface area contributed by atoms with Gasteiger partial charge < -0.3 is 34.3 Å². The molecule has 2 atom stereocenters. The van der Waals surface area contributed by atoms with Gasteiger partial charge in [-0.2, -0.15) is 0 Å². The van der Waals surface area contributed by atoms with Crippen molar-refractivity contribution in [1.82, 2.24) is 4.90 Å². The summed E-state index contributed by atoms with van der Waals surface area (Å²) in [5.74, 6) is 1.66. The number of methoxy groups -OCH3 is 4. The Labute approximate surface area is 182 Å². The topological polar surface area (TPSA) is 89.5 Å². The van der Waals surface area contributed by atoms with Crippen molar-refractivity contribution in [1.29, 1.82) is 0 Å². The van der Waals surface area contributed by atoms with Crippen LogP contribution in [0.5, 0.6) is 23.0 Å². The van der Waals surface area contributed by atoms with Gasteiger partial charge in [-0.25, -0.2) is 0 Å². The van der Waals surface area contributed by atoms with Crippen LogP contribution in [0.4, 0.5) is 5.69 Å². The third kappa shape index (κ3) is 4.34. The van der Waals surface area contributed by atoms with E-state index in [0.717, 1.165) is 0 Å². The molecule has 8 nitrogen and oxygen atoms in total. The Bertz CT molecular complexity index is 946. The molecule has 0 saturated heterocycles. The molecule has 0 aromatic heterocycles. The Morgan fingerprint density at radius 1 is 0.968 bits per heavy atom. The molecule has 0 radical (unpaired) electrons. The third-order valence-electron chi connectivity index (χ3n) is 5.56. The zero-order chi connectivity index (χ0) is 22.7. The van der Waals surface area contributed by atoms with E-state index in [2.05, 4.69) is 5.32 Å². The molecule has 1 aliphatic heterocycles. The lowest BCUT2D eigenvalue weighted by Crippen LogP contribution is -2.48. The molecule has 0 fully saturated rings. The molecule has 2 unspecified atom stereocenters. The molecule has 0 spiro atoms. The standard InChI is InChI=1S/C23H30N2O6/c1-13(2)25-12-17(15-10-20(30-5)21(31-6)11-16(15)23(25)27)22(26)24-18-8-7-14(28-3)9-19(18)29-4/h7-11,13,17,22,24,26H,12H2,1-6H3. The normalized spacial score (nSPS) is 16.6. The van der Waals surface area contributed by atoms with Crippen molar-refractivity contribution in [2.45, 2.75) is 32.0 Å². The molecule has 1 heterocycles. The van der Waals surface area contributed by atoms with Crippen molar-refractivity contribution >= 4 is 11.6 Å². The highest BCUT2D eigenvalue weighted by atomic mass is 16.5. The lowest BCUT2D eigenvalue weighted by molar-refractivity contribution is 0.0594. The zero-order valence-corrected chi connectivity index (χ0v) is 18.8. The largest absolute Gasteiger partial charge is 0.497 e. The SMILES string of the molecule is COc1ccc(NC(O)C2CN(C(C)C)C(=O)c3cc(OC)c(OC)cc32)c(OC)c1. The van der Waals surface area contributed by atoms with Crippen LogP contribution in [-0.2, 0) is 0 Å². The van der Waals surface area contributed by atoms with Gasteiger partial charge in [-0.1, -0.05) is 0 Å². The van der Waals surface area contributed by atoms with Gasteiger partial charge in [0.25, 0.3) is 5.91 Å². The number of aliphatic hydroxyl groups excluding tert-OH is 1. The summed E-state index contributed by atoms with van der Waals surface area (Å²) in [6.07, 6.45) is -0.992. The van der Waals surface area contributed by atoms with Gasteiger partial charge in [-0.05, 0) is 43.7 Å². The van der Waals surface area contributed by atoms with Crippen LogP contribution in [0.25, 0.3) is 0 Å². The van der Waals surface area contributed by atoms with E-state index in [9.17, 15) is 9.90 Å². The Hall–Kier alpha value is -3.13. The van der Waals surface area contributed by atoms with E-state index in [-0.39, 0.29) is 11.9 Å². The van der Waals surface area contributed by atoms with Crippen LogP contribution in [0.2, 0.25) is 0 Å².